The van der Waals surface area contributed by atoms with Crippen molar-refractivity contribution in [2.45, 2.75) is 38.5 Å². The maximum atomic E-state index is 12.5. The fourth-order valence-electron chi connectivity index (χ4n) is 3.41. The molecule has 0 bridgehead atoms. The van der Waals surface area contributed by atoms with Crippen molar-refractivity contribution < 1.29 is 9.59 Å². The summed E-state index contributed by atoms with van der Waals surface area (Å²) in [6.07, 6.45) is 3.59. The molecule has 0 spiro atoms. The number of hydrogen-bond acceptors (Lipinski definition) is 2. The van der Waals surface area contributed by atoms with Gasteiger partial charge < -0.3 is 10.2 Å². The molecule has 26 heavy (non-hydrogen) atoms. The summed E-state index contributed by atoms with van der Waals surface area (Å²) in [4.78, 5) is 26.3. The van der Waals surface area contributed by atoms with Gasteiger partial charge in [-0.3, -0.25) is 9.59 Å². The van der Waals surface area contributed by atoms with E-state index in [1.165, 1.54) is 5.56 Å². The molecule has 4 heteroatoms. The SMILES string of the molecule is CC[C@@H](CNC(=O)c1ccc(N2CCCCC2=O)cc1)c1ccccc1. The Balaban J connectivity index is 1.60. The number of piperidine rings is 1. The topological polar surface area (TPSA) is 49.4 Å². The highest BCUT2D eigenvalue weighted by atomic mass is 16.2. The van der Waals surface area contributed by atoms with Crippen LogP contribution in [-0.2, 0) is 4.79 Å². The van der Waals surface area contributed by atoms with Gasteiger partial charge in [-0.05, 0) is 49.1 Å². The Bertz CT molecular complexity index is 740. The van der Waals surface area contributed by atoms with Crippen molar-refractivity contribution in [1.82, 2.24) is 5.32 Å². The van der Waals surface area contributed by atoms with Crippen LogP contribution in [0.1, 0.15) is 54.4 Å². The van der Waals surface area contributed by atoms with Gasteiger partial charge in [-0.1, -0.05) is 37.3 Å². The number of carbonyl (C=O) groups is 2. The lowest BCUT2D eigenvalue weighted by molar-refractivity contribution is -0.119. The predicted octanol–water partition coefficient (Wildman–Crippen LogP) is 4.13. The van der Waals surface area contributed by atoms with E-state index in [0.717, 1.165) is 31.5 Å². The Labute approximate surface area is 155 Å². The normalized spacial score (nSPS) is 15.6. The first-order chi connectivity index (χ1) is 12.7. The molecular weight excluding hydrogens is 324 g/mol. The third kappa shape index (κ3) is 4.31. The van der Waals surface area contributed by atoms with Crippen LogP contribution in [0.15, 0.2) is 54.6 Å². The molecule has 136 valence electrons. The van der Waals surface area contributed by atoms with Gasteiger partial charge in [0.25, 0.3) is 5.91 Å². The van der Waals surface area contributed by atoms with Crippen LogP contribution >= 0.6 is 0 Å². The summed E-state index contributed by atoms with van der Waals surface area (Å²) >= 11 is 0. The lowest BCUT2D eigenvalue weighted by Crippen LogP contribution is -2.35. The highest BCUT2D eigenvalue weighted by molar-refractivity contribution is 5.96. The van der Waals surface area contributed by atoms with Crippen molar-refractivity contribution in [3.8, 4) is 0 Å². The Kier molecular flexibility index (Phi) is 6.05. The van der Waals surface area contributed by atoms with E-state index < -0.39 is 0 Å². The van der Waals surface area contributed by atoms with Crippen LogP contribution in [0.25, 0.3) is 0 Å². The average Bonchev–Trinajstić information content (AvgIpc) is 2.70. The van der Waals surface area contributed by atoms with Crippen LogP contribution < -0.4 is 10.2 Å². The molecule has 1 heterocycles. The van der Waals surface area contributed by atoms with Crippen LogP contribution in [0.5, 0.6) is 0 Å². The van der Waals surface area contributed by atoms with E-state index in [0.29, 0.717) is 24.4 Å². The first-order valence-corrected chi connectivity index (χ1v) is 9.42. The van der Waals surface area contributed by atoms with Gasteiger partial charge in [0.1, 0.15) is 0 Å². The zero-order valence-electron chi connectivity index (χ0n) is 15.3. The van der Waals surface area contributed by atoms with Crippen molar-refractivity contribution in [3.63, 3.8) is 0 Å². The maximum absolute atomic E-state index is 12.5. The average molecular weight is 350 g/mol. The minimum absolute atomic E-state index is 0.0732. The molecule has 2 amide bonds. The fraction of sp³-hybridized carbons (Fsp3) is 0.364. The van der Waals surface area contributed by atoms with Gasteiger partial charge in [0.15, 0.2) is 0 Å². The minimum Gasteiger partial charge on any atom is -0.351 e. The second kappa shape index (κ2) is 8.65. The Morgan fingerprint density at radius 1 is 1.08 bits per heavy atom. The molecule has 3 rings (SSSR count). The van der Waals surface area contributed by atoms with Crippen LogP contribution in [-0.4, -0.2) is 24.9 Å². The Morgan fingerprint density at radius 3 is 2.46 bits per heavy atom. The van der Waals surface area contributed by atoms with Gasteiger partial charge in [0, 0.05) is 36.7 Å². The molecule has 0 unspecified atom stereocenters. The van der Waals surface area contributed by atoms with E-state index in [4.69, 9.17) is 0 Å². The van der Waals surface area contributed by atoms with Crippen LogP contribution in [0.2, 0.25) is 0 Å². The molecular formula is C22H26N2O2. The third-order valence-corrected chi connectivity index (χ3v) is 5.04. The number of benzene rings is 2. The molecule has 1 fully saturated rings. The van der Waals surface area contributed by atoms with Crippen molar-refractivity contribution in [1.29, 1.82) is 0 Å². The minimum atomic E-state index is -0.0732. The highest BCUT2D eigenvalue weighted by Gasteiger charge is 2.19. The van der Waals surface area contributed by atoms with Crippen molar-refractivity contribution in [3.05, 3.63) is 65.7 Å². The molecule has 1 aliphatic heterocycles. The zero-order chi connectivity index (χ0) is 18.4. The van der Waals surface area contributed by atoms with Crippen LogP contribution in [0.4, 0.5) is 5.69 Å². The van der Waals surface area contributed by atoms with Crippen molar-refractivity contribution >= 4 is 17.5 Å². The number of carbonyl (C=O) groups excluding carboxylic acids is 2. The molecule has 0 aromatic heterocycles. The third-order valence-electron chi connectivity index (χ3n) is 5.04. The quantitative estimate of drug-likeness (QED) is 0.852. The smallest absolute Gasteiger partial charge is 0.251 e. The zero-order valence-corrected chi connectivity index (χ0v) is 15.3. The van der Waals surface area contributed by atoms with Gasteiger partial charge in [-0.15, -0.1) is 0 Å². The van der Waals surface area contributed by atoms with Crippen LogP contribution in [0.3, 0.4) is 0 Å². The molecule has 0 aliphatic carbocycles. The number of amides is 2. The lowest BCUT2D eigenvalue weighted by atomic mass is 9.96. The Hall–Kier alpha value is -2.62. The molecule has 2 aromatic rings. The van der Waals surface area contributed by atoms with E-state index in [2.05, 4.69) is 24.4 Å². The van der Waals surface area contributed by atoms with Gasteiger partial charge in [0.05, 0.1) is 0 Å². The molecule has 1 N–H and O–H groups in total. The number of nitrogens with one attached hydrogen (secondary N) is 1. The summed E-state index contributed by atoms with van der Waals surface area (Å²) < 4.78 is 0. The Morgan fingerprint density at radius 2 is 1.81 bits per heavy atom. The van der Waals surface area contributed by atoms with E-state index in [1.807, 2.05) is 35.2 Å². The standard InChI is InChI=1S/C22H26N2O2/c1-2-17(18-8-4-3-5-9-18)16-23-22(26)19-11-13-20(14-12-19)24-15-7-6-10-21(24)25/h3-5,8-9,11-14,17H,2,6-7,10,15-16H2,1H3,(H,23,26)/t17-/m0/s1. The number of hydrogen-bond donors (Lipinski definition) is 1. The molecule has 2 aromatic carbocycles. The second-order valence-corrected chi connectivity index (χ2v) is 6.78. The summed E-state index contributed by atoms with van der Waals surface area (Å²) in [7, 11) is 0. The predicted molar refractivity (Wildman–Crippen MR) is 104 cm³/mol. The highest BCUT2D eigenvalue weighted by Crippen LogP contribution is 2.22. The molecule has 0 saturated carbocycles. The number of anilines is 1. The van der Waals surface area contributed by atoms with E-state index in [1.54, 1.807) is 12.1 Å². The van der Waals surface area contributed by atoms with Gasteiger partial charge >= 0.3 is 0 Å². The second-order valence-electron chi connectivity index (χ2n) is 6.78. The molecule has 1 atom stereocenters. The largest absolute Gasteiger partial charge is 0.351 e. The monoisotopic (exact) mass is 350 g/mol. The van der Waals surface area contributed by atoms with E-state index in [-0.39, 0.29) is 11.8 Å². The summed E-state index contributed by atoms with van der Waals surface area (Å²) in [6, 6.07) is 17.6. The summed E-state index contributed by atoms with van der Waals surface area (Å²) in [5.74, 6) is 0.406. The van der Waals surface area contributed by atoms with Crippen molar-refractivity contribution in [2.24, 2.45) is 0 Å². The molecule has 1 saturated heterocycles. The van der Waals surface area contributed by atoms with Gasteiger partial charge in [0.2, 0.25) is 5.91 Å². The molecule has 1 aliphatic rings. The molecule has 4 nitrogen and oxygen atoms in total. The first kappa shape index (κ1) is 18.2. The van der Waals surface area contributed by atoms with Gasteiger partial charge in [-0.25, -0.2) is 0 Å². The molecule has 0 radical (unpaired) electrons. The van der Waals surface area contributed by atoms with Gasteiger partial charge in [-0.2, -0.15) is 0 Å². The summed E-state index contributed by atoms with van der Waals surface area (Å²) in [5.41, 5.74) is 2.75. The fourth-order valence-corrected chi connectivity index (χ4v) is 3.41. The number of nitrogens with zero attached hydrogens (tertiary/aromatic N) is 1. The first-order valence-electron chi connectivity index (χ1n) is 9.42. The van der Waals surface area contributed by atoms with E-state index >= 15 is 0 Å². The van der Waals surface area contributed by atoms with Crippen molar-refractivity contribution in [2.75, 3.05) is 18.0 Å². The lowest BCUT2D eigenvalue weighted by Gasteiger charge is -2.26. The maximum Gasteiger partial charge on any atom is 0.251 e. The summed E-state index contributed by atoms with van der Waals surface area (Å²) in [6.45, 7) is 3.51. The summed E-state index contributed by atoms with van der Waals surface area (Å²) in [5, 5.41) is 3.04. The van der Waals surface area contributed by atoms with E-state index in [9.17, 15) is 9.59 Å². The van der Waals surface area contributed by atoms with Crippen LogP contribution in [0, 0.1) is 0 Å². The number of rotatable bonds is 6.